The van der Waals surface area contributed by atoms with Gasteiger partial charge in [-0.25, -0.2) is 4.39 Å². The first kappa shape index (κ1) is 9.73. The Morgan fingerprint density at radius 3 is 2.83 bits per heavy atom. The Morgan fingerprint density at radius 2 is 2.25 bits per heavy atom. The molecule has 66 valence electrons. The van der Waals surface area contributed by atoms with Crippen molar-refractivity contribution in [2.45, 2.75) is 6.04 Å². The van der Waals surface area contributed by atoms with Gasteiger partial charge in [0.05, 0.1) is 6.04 Å². The van der Waals surface area contributed by atoms with Gasteiger partial charge in [0.15, 0.2) is 0 Å². The van der Waals surface area contributed by atoms with Gasteiger partial charge >= 0.3 is 0 Å². The molecule has 1 atom stereocenters. The average molecular weight is 281 g/mol. The molecule has 0 aromatic heterocycles. The van der Waals surface area contributed by atoms with Crippen LogP contribution in [-0.2, 0) is 0 Å². The van der Waals surface area contributed by atoms with Gasteiger partial charge in [-0.05, 0) is 40.8 Å². The summed E-state index contributed by atoms with van der Waals surface area (Å²) in [6.45, 7) is -0.659. The van der Waals surface area contributed by atoms with Crippen molar-refractivity contribution in [1.29, 1.82) is 0 Å². The van der Waals surface area contributed by atoms with E-state index in [1.54, 1.807) is 12.1 Å². The van der Waals surface area contributed by atoms with Crippen molar-refractivity contribution in [3.63, 3.8) is 0 Å². The Balaban J connectivity index is 3.04. The molecule has 0 heterocycles. The normalized spacial score (nSPS) is 12.9. The van der Waals surface area contributed by atoms with Crippen molar-refractivity contribution in [2.24, 2.45) is 5.73 Å². The lowest BCUT2D eigenvalue weighted by molar-refractivity contribution is 0.414. The molecule has 0 spiro atoms. The second-order valence-electron chi connectivity index (χ2n) is 2.46. The van der Waals surface area contributed by atoms with E-state index >= 15 is 0 Å². The maximum absolute atomic E-state index is 12.1. The zero-order valence-corrected chi connectivity index (χ0v) is 8.45. The fourth-order valence-corrected chi connectivity index (χ4v) is 1.42. The van der Waals surface area contributed by atoms with Gasteiger partial charge in [-0.2, -0.15) is 0 Å². The standard InChI is InChI=1S/C8H9FINO/c9-4-7(11)6-3-5(10)1-2-8(6)12/h1-3,7,12H,4,11H2/t7-/m1/s1. The number of aromatic hydroxyl groups is 1. The summed E-state index contributed by atoms with van der Waals surface area (Å²) in [5.74, 6) is 0.0561. The van der Waals surface area contributed by atoms with Crippen molar-refractivity contribution < 1.29 is 9.50 Å². The highest BCUT2D eigenvalue weighted by Crippen LogP contribution is 2.24. The number of alkyl halides is 1. The molecule has 0 amide bonds. The topological polar surface area (TPSA) is 46.2 Å². The van der Waals surface area contributed by atoms with E-state index in [0.717, 1.165) is 3.57 Å². The molecule has 2 nitrogen and oxygen atoms in total. The van der Waals surface area contributed by atoms with Crippen LogP contribution in [0.3, 0.4) is 0 Å². The van der Waals surface area contributed by atoms with E-state index in [1.807, 2.05) is 0 Å². The molecule has 3 N–H and O–H groups in total. The number of hydrogen-bond acceptors (Lipinski definition) is 2. The smallest absolute Gasteiger partial charge is 0.120 e. The second kappa shape index (κ2) is 4.04. The van der Waals surface area contributed by atoms with Crippen LogP contribution in [-0.4, -0.2) is 11.8 Å². The highest BCUT2D eigenvalue weighted by molar-refractivity contribution is 14.1. The van der Waals surface area contributed by atoms with Gasteiger partial charge < -0.3 is 10.8 Å². The van der Waals surface area contributed by atoms with E-state index < -0.39 is 12.7 Å². The van der Waals surface area contributed by atoms with Crippen molar-refractivity contribution >= 4 is 22.6 Å². The molecule has 12 heavy (non-hydrogen) atoms. The number of halogens is 2. The number of hydrogen-bond donors (Lipinski definition) is 2. The predicted octanol–water partition coefficient (Wildman–Crippen LogP) is 1.97. The molecule has 0 saturated carbocycles. The molecular formula is C8H9FINO. The molecule has 0 radical (unpaired) electrons. The Kier molecular flexibility index (Phi) is 3.28. The number of phenols is 1. The fraction of sp³-hybridized carbons (Fsp3) is 0.250. The largest absolute Gasteiger partial charge is 0.508 e. The highest BCUT2D eigenvalue weighted by Gasteiger charge is 2.10. The minimum atomic E-state index is -0.722. The van der Waals surface area contributed by atoms with E-state index in [9.17, 15) is 9.50 Å². The second-order valence-corrected chi connectivity index (χ2v) is 3.71. The molecule has 0 aliphatic rings. The maximum atomic E-state index is 12.1. The maximum Gasteiger partial charge on any atom is 0.120 e. The van der Waals surface area contributed by atoms with Crippen LogP contribution >= 0.6 is 22.6 Å². The number of nitrogens with two attached hydrogens (primary N) is 1. The van der Waals surface area contributed by atoms with Gasteiger partial charge in [0.1, 0.15) is 12.4 Å². The van der Waals surface area contributed by atoms with Gasteiger partial charge in [-0.3, -0.25) is 0 Å². The Morgan fingerprint density at radius 1 is 1.58 bits per heavy atom. The van der Waals surface area contributed by atoms with E-state index in [-0.39, 0.29) is 5.75 Å². The van der Waals surface area contributed by atoms with Crippen molar-refractivity contribution in [3.8, 4) is 5.75 Å². The lowest BCUT2D eigenvalue weighted by Crippen LogP contribution is -2.12. The molecule has 1 aromatic carbocycles. The highest BCUT2D eigenvalue weighted by atomic mass is 127. The molecule has 0 bridgehead atoms. The lowest BCUT2D eigenvalue weighted by atomic mass is 10.1. The summed E-state index contributed by atoms with van der Waals surface area (Å²) in [6, 6.07) is 4.22. The Labute approximate surface area is 83.7 Å². The van der Waals surface area contributed by atoms with Gasteiger partial charge in [0.2, 0.25) is 0 Å². The molecular weight excluding hydrogens is 272 g/mol. The zero-order chi connectivity index (χ0) is 9.14. The summed E-state index contributed by atoms with van der Waals surface area (Å²) >= 11 is 2.08. The Hall–Kier alpha value is -0.360. The third-order valence-corrected chi connectivity index (χ3v) is 2.23. The minimum absolute atomic E-state index is 0.0561. The minimum Gasteiger partial charge on any atom is -0.508 e. The first-order valence-electron chi connectivity index (χ1n) is 3.45. The predicted molar refractivity (Wildman–Crippen MR) is 53.7 cm³/mol. The van der Waals surface area contributed by atoms with Crippen LogP contribution in [0.1, 0.15) is 11.6 Å². The van der Waals surface area contributed by atoms with Crippen LogP contribution in [0, 0.1) is 3.57 Å². The number of benzene rings is 1. The Bertz CT molecular complexity index is 280. The van der Waals surface area contributed by atoms with Crippen LogP contribution in [0.15, 0.2) is 18.2 Å². The first-order valence-corrected chi connectivity index (χ1v) is 4.53. The number of phenolic OH excluding ortho intramolecular Hbond substituents is 1. The van der Waals surface area contributed by atoms with Gasteiger partial charge in [-0.1, -0.05) is 0 Å². The molecule has 0 aliphatic heterocycles. The summed E-state index contributed by atoms with van der Waals surface area (Å²) < 4.78 is 13.1. The summed E-state index contributed by atoms with van der Waals surface area (Å²) in [5, 5.41) is 9.29. The van der Waals surface area contributed by atoms with E-state index in [2.05, 4.69) is 22.6 Å². The average Bonchev–Trinajstić information content (AvgIpc) is 2.08. The summed E-state index contributed by atoms with van der Waals surface area (Å²) in [7, 11) is 0. The third-order valence-electron chi connectivity index (χ3n) is 1.56. The molecule has 1 rings (SSSR count). The fourth-order valence-electron chi connectivity index (χ4n) is 0.905. The monoisotopic (exact) mass is 281 g/mol. The van der Waals surface area contributed by atoms with Crippen LogP contribution in [0.5, 0.6) is 5.75 Å². The van der Waals surface area contributed by atoms with Crippen LogP contribution < -0.4 is 5.73 Å². The van der Waals surface area contributed by atoms with Gasteiger partial charge in [-0.15, -0.1) is 0 Å². The molecule has 0 aliphatic carbocycles. The van der Waals surface area contributed by atoms with Crippen LogP contribution in [0.25, 0.3) is 0 Å². The number of rotatable bonds is 2. The van der Waals surface area contributed by atoms with Gasteiger partial charge in [0.25, 0.3) is 0 Å². The summed E-state index contributed by atoms with van der Waals surface area (Å²) in [6.07, 6.45) is 0. The van der Waals surface area contributed by atoms with Crippen LogP contribution in [0.2, 0.25) is 0 Å². The van der Waals surface area contributed by atoms with E-state index in [0.29, 0.717) is 5.56 Å². The molecule has 1 aromatic rings. The lowest BCUT2D eigenvalue weighted by Gasteiger charge is -2.09. The molecule has 0 saturated heterocycles. The SMILES string of the molecule is N[C@H](CF)c1cc(I)ccc1O. The van der Waals surface area contributed by atoms with Crippen LogP contribution in [0.4, 0.5) is 4.39 Å². The molecule has 0 unspecified atom stereocenters. The quantitative estimate of drug-likeness (QED) is 0.814. The van der Waals surface area contributed by atoms with E-state index in [1.165, 1.54) is 6.07 Å². The first-order chi connectivity index (χ1) is 5.65. The van der Waals surface area contributed by atoms with Crippen molar-refractivity contribution in [1.82, 2.24) is 0 Å². The summed E-state index contributed by atoms with van der Waals surface area (Å²) in [5.41, 5.74) is 5.89. The van der Waals surface area contributed by atoms with Gasteiger partial charge in [0, 0.05) is 9.13 Å². The van der Waals surface area contributed by atoms with E-state index in [4.69, 9.17) is 5.73 Å². The molecule has 0 fully saturated rings. The van der Waals surface area contributed by atoms with Crippen molar-refractivity contribution in [3.05, 3.63) is 27.3 Å². The third kappa shape index (κ3) is 2.07. The summed E-state index contributed by atoms with van der Waals surface area (Å²) in [4.78, 5) is 0. The zero-order valence-electron chi connectivity index (χ0n) is 6.30. The van der Waals surface area contributed by atoms with Crippen molar-refractivity contribution in [2.75, 3.05) is 6.67 Å². The molecule has 4 heteroatoms.